The van der Waals surface area contributed by atoms with Crippen LogP contribution in [0.4, 0.5) is 14.5 Å². The quantitative estimate of drug-likeness (QED) is 0.692. The Morgan fingerprint density at radius 3 is 2.82 bits per heavy atom. The first kappa shape index (κ1) is 13.5. The topological polar surface area (TPSA) is 12.0 Å². The largest absolute Gasteiger partial charge is 0.385 e. The Labute approximate surface area is 122 Å². The van der Waals surface area contributed by atoms with Crippen LogP contribution in [0.1, 0.15) is 19.3 Å². The van der Waals surface area contributed by atoms with Gasteiger partial charge < -0.3 is 5.32 Å². The molecule has 17 heavy (non-hydrogen) atoms. The van der Waals surface area contributed by atoms with Crippen LogP contribution in [-0.2, 0) is 0 Å². The van der Waals surface area contributed by atoms with Gasteiger partial charge in [0.2, 0.25) is 5.92 Å². The lowest BCUT2D eigenvalue weighted by molar-refractivity contribution is 0.00556. The van der Waals surface area contributed by atoms with Crippen LogP contribution < -0.4 is 5.32 Å². The van der Waals surface area contributed by atoms with Crippen LogP contribution >= 0.6 is 38.5 Å². The second-order valence-corrected chi connectivity index (χ2v) is 6.49. The van der Waals surface area contributed by atoms with Gasteiger partial charge in [-0.3, -0.25) is 0 Å². The second kappa shape index (κ2) is 5.38. The summed E-state index contributed by atoms with van der Waals surface area (Å²) in [6, 6.07) is 5.95. The summed E-state index contributed by atoms with van der Waals surface area (Å²) >= 11 is 5.69. The number of hydrogen-bond donors (Lipinski definition) is 1. The van der Waals surface area contributed by atoms with Gasteiger partial charge in [0.25, 0.3) is 0 Å². The van der Waals surface area contributed by atoms with Gasteiger partial charge in [-0.2, -0.15) is 0 Å². The van der Waals surface area contributed by atoms with Crippen molar-refractivity contribution >= 4 is 44.2 Å². The molecule has 2 rings (SSSR count). The molecule has 0 aromatic heterocycles. The minimum atomic E-state index is -2.45. The van der Waals surface area contributed by atoms with Gasteiger partial charge in [-0.15, -0.1) is 0 Å². The number of rotatable bonds is 3. The smallest absolute Gasteiger partial charge is 0.248 e. The number of hydrogen-bond acceptors (Lipinski definition) is 1. The minimum absolute atomic E-state index is 0.0194. The Bertz CT molecular complexity index is 411. The number of anilines is 1. The maximum absolute atomic E-state index is 13.0. The van der Waals surface area contributed by atoms with Gasteiger partial charge in [-0.25, -0.2) is 8.78 Å². The van der Waals surface area contributed by atoms with Crippen molar-refractivity contribution in [1.29, 1.82) is 0 Å². The van der Waals surface area contributed by atoms with Crippen LogP contribution in [0.5, 0.6) is 0 Å². The molecule has 1 aliphatic carbocycles. The Hall–Kier alpha value is 0.0900. The van der Waals surface area contributed by atoms with Gasteiger partial charge in [0.15, 0.2) is 0 Å². The van der Waals surface area contributed by atoms with Gasteiger partial charge in [0.1, 0.15) is 0 Å². The normalized spacial score (nSPS) is 22.7. The van der Waals surface area contributed by atoms with E-state index in [1.165, 1.54) is 0 Å². The molecular formula is C12H13BrF2IN. The fourth-order valence-electron chi connectivity index (χ4n) is 2.08. The van der Waals surface area contributed by atoms with Crippen molar-refractivity contribution in [2.75, 3.05) is 11.9 Å². The van der Waals surface area contributed by atoms with Crippen LogP contribution in [0.3, 0.4) is 0 Å². The monoisotopic (exact) mass is 415 g/mol. The van der Waals surface area contributed by atoms with Crippen molar-refractivity contribution in [3.8, 4) is 0 Å². The molecule has 1 N–H and O–H groups in total. The van der Waals surface area contributed by atoms with Crippen LogP contribution in [0.2, 0.25) is 0 Å². The molecule has 94 valence electrons. The lowest BCUT2D eigenvalue weighted by Crippen LogP contribution is -2.15. The van der Waals surface area contributed by atoms with Crippen LogP contribution in [0.15, 0.2) is 22.7 Å². The zero-order valence-electron chi connectivity index (χ0n) is 9.15. The first-order valence-electron chi connectivity index (χ1n) is 5.53. The first-order valence-corrected chi connectivity index (χ1v) is 7.40. The number of alkyl halides is 2. The average molecular weight is 416 g/mol. The summed E-state index contributed by atoms with van der Waals surface area (Å²) < 4.78 is 28.2. The van der Waals surface area contributed by atoms with Crippen molar-refractivity contribution in [2.45, 2.75) is 25.2 Å². The molecule has 1 aliphatic rings. The third-order valence-electron chi connectivity index (χ3n) is 3.02. The first-order chi connectivity index (χ1) is 7.96. The average Bonchev–Trinajstić information content (AvgIpc) is 2.60. The third-order valence-corrected chi connectivity index (χ3v) is 5.36. The fourth-order valence-corrected chi connectivity index (χ4v) is 2.80. The van der Waals surface area contributed by atoms with E-state index in [-0.39, 0.29) is 18.8 Å². The molecule has 1 nitrogen and oxygen atoms in total. The van der Waals surface area contributed by atoms with E-state index in [4.69, 9.17) is 0 Å². The van der Waals surface area contributed by atoms with E-state index >= 15 is 0 Å². The molecule has 1 unspecified atom stereocenters. The number of halogens is 4. The molecule has 0 heterocycles. The Morgan fingerprint density at radius 1 is 1.47 bits per heavy atom. The molecule has 0 spiro atoms. The molecule has 5 heteroatoms. The van der Waals surface area contributed by atoms with Crippen molar-refractivity contribution in [3.63, 3.8) is 0 Å². The minimum Gasteiger partial charge on any atom is -0.385 e. The summed E-state index contributed by atoms with van der Waals surface area (Å²) in [5.41, 5.74) is 0.979. The standard InChI is InChI=1S/C12H13BrF2IN/c13-10-5-9(1-2-11(10)16)17-7-8-3-4-12(14,15)6-8/h1-2,5,8,17H,3-4,6-7H2. The lowest BCUT2D eigenvalue weighted by atomic mass is 10.1. The summed E-state index contributed by atoms with van der Waals surface area (Å²) in [7, 11) is 0. The highest BCUT2D eigenvalue weighted by Gasteiger charge is 2.38. The Kier molecular flexibility index (Phi) is 4.28. The molecule has 0 amide bonds. The summed E-state index contributed by atoms with van der Waals surface area (Å²) in [5, 5.41) is 3.23. The zero-order chi connectivity index (χ0) is 12.5. The second-order valence-electron chi connectivity index (χ2n) is 4.47. The summed E-state index contributed by atoms with van der Waals surface area (Å²) in [6.07, 6.45) is 0.673. The molecule has 1 atom stereocenters. The zero-order valence-corrected chi connectivity index (χ0v) is 12.9. The molecule has 0 bridgehead atoms. The maximum atomic E-state index is 13.0. The highest BCUT2D eigenvalue weighted by atomic mass is 127. The lowest BCUT2D eigenvalue weighted by Gasteiger charge is -2.13. The molecule has 1 aromatic carbocycles. The molecule has 0 saturated heterocycles. The van der Waals surface area contributed by atoms with Crippen LogP contribution in [0.25, 0.3) is 0 Å². The van der Waals surface area contributed by atoms with E-state index in [9.17, 15) is 8.78 Å². The van der Waals surface area contributed by atoms with Gasteiger partial charge in [0, 0.05) is 33.1 Å². The van der Waals surface area contributed by atoms with Gasteiger partial charge >= 0.3 is 0 Å². The number of nitrogens with one attached hydrogen (secondary N) is 1. The van der Waals surface area contributed by atoms with E-state index in [1.807, 2.05) is 18.2 Å². The highest BCUT2D eigenvalue weighted by Crippen LogP contribution is 2.38. The van der Waals surface area contributed by atoms with E-state index in [0.29, 0.717) is 13.0 Å². The predicted octanol–water partition coefficient (Wildman–Crippen LogP) is 4.90. The molecule has 1 saturated carbocycles. The van der Waals surface area contributed by atoms with E-state index in [0.717, 1.165) is 13.7 Å². The SMILES string of the molecule is FC1(F)CCC(CNc2ccc(I)c(Br)c2)C1. The van der Waals surface area contributed by atoms with E-state index in [2.05, 4.69) is 43.8 Å². The Morgan fingerprint density at radius 2 is 2.24 bits per heavy atom. The Balaban J connectivity index is 1.88. The van der Waals surface area contributed by atoms with Crippen molar-refractivity contribution in [1.82, 2.24) is 0 Å². The summed E-state index contributed by atoms with van der Waals surface area (Å²) in [4.78, 5) is 0. The molecule has 0 radical (unpaired) electrons. The highest BCUT2D eigenvalue weighted by molar-refractivity contribution is 14.1. The van der Waals surface area contributed by atoms with Gasteiger partial charge in [-0.1, -0.05) is 0 Å². The van der Waals surface area contributed by atoms with Crippen molar-refractivity contribution in [2.24, 2.45) is 5.92 Å². The van der Waals surface area contributed by atoms with Crippen molar-refractivity contribution < 1.29 is 8.78 Å². The molecular weight excluding hydrogens is 403 g/mol. The van der Waals surface area contributed by atoms with Crippen LogP contribution in [-0.4, -0.2) is 12.5 Å². The third kappa shape index (κ3) is 3.77. The van der Waals surface area contributed by atoms with Gasteiger partial charge in [0.05, 0.1) is 0 Å². The molecule has 0 aliphatic heterocycles. The predicted molar refractivity (Wildman–Crippen MR) is 77.6 cm³/mol. The van der Waals surface area contributed by atoms with E-state index in [1.54, 1.807) is 0 Å². The summed E-state index contributed by atoms with van der Waals surface area (Å²) in [5.74, 6) is -2.36. The maximum Gasteiger partial charge on any atom is 0.248 e. The molecule has 1 aromatic rings. The van der Waals surface area contributed by atoms with Gasteiger partial charge in [-0.05, 0) is 69.1 Å². The summed E-state index contributed by atoms with van der Waals surface area (Å²) in [6.45, 7) is 0.628. The van der Waals surface area contributed by atoms with E-state index < -0.39 is 5.92 Å². The molecule has 1 fully saturated rings. The number of benzene rings is 1. The van der Waals surface area contributed by atoms with Crippen molar-refractivity contribution in [3.05, 3.63) is 26.2 Å². The fraction of sp³-hybridized carbons (Fsp3) is 0.500. The van der Waals surface area contributed by atoms with Crippen LogP contribution in [0, 0.1) is 9.49 Å².